The third-order valence-corrected chi connectivity index (χ3v) is 4.56. The second kappa shape index (κ2) is 5.41. The summed E-state index contributed by atoms with van der Waals surface area (Å²) < 4.78 is 0. The fourth-order valence-corrected chi connectivity index (χ4v) is 3.50. The molecule has 2 nitrogen and oxygen atoms in total. The Morgan fingerprint density at radius 1 is 1.17 bits per heavy atom. The van der Waals surface area contributed by atoms with Crippen molar-refractivity contribution < 1.29 is 0 Å². The summed E-state index contributed by atoms with van der Waals surface area (Å²) in [5, 5.41) is 3.79. The molecule has 0 radical (unpaired) electrons. The zero-order chi connectivity index (χ0) is 12.4. The van der Waals surface area contributed by atoms with E-state index in [1.807, 2.05) is 0 Å². The summed E-state index contributed by atoms with van der Waals surface area (Å²) in [5.41, 5.74) is 1.44. The van der Waals surface area contributed by atoms with Gasteiger partial charge in [-0.25, -0.2) is 0 Å². The highest BCUT2D eigenvalue weighted by molar-refractivity contribution is 5.14. The van der Waals surface area contributed by atoms with E-state index in [0.29, 0.717) is 6.04 Å². The quantitative estimate of drug-likeness (QED) is 0.860. The third kappa shape index (κ3) is 2.76. The first-order chi connectivity index (χ1) is 8.81. The average Bonchev–Trinajstić information content (AvgIpc) is 2.39. The van der Waals surface area contributed by atoms with Crippen molar-refractivity contribution in [2.75, 3.05) is 13.1 Å². The van der Waals surface area contributed by atoms with Crippen molar-refractivity contribution in [1.82, 2.24) is 10.2 Å². The predicted molar refractivity (Wildman–Crippen MR) is 75.4 cm³/mol. The molecule has 0 spiro atoms. The van der Waals surface area contributed by atoms with E-state index in [0.717, 1.165) is 18.5 Å². The van der Waals surface area contributed by atoms with E-state index >= 15 is 0 Å². The van der Waals surface area contributed by atoms with Crippen LogP contribution in [-0.2, 0) is 6.54 Å². The number of benzene rings is 1. The molecule has 0 amide bonds. The van der Waals surface area contributed by atoms with Gasteiger partial charge in [0.05, 0.1) is 0 Å². The van der Waals surface area contributed by atoms with Gasteiger partial charge in [-0.05, 0) is 44.2 Å². The minimum Gasteiger partial charge on any atom is -0.310 e. The van der Waals surface area contributed by atoms with E-state index in [1.54, 1.807) is 0 Å². The molecule has 0 aromatic heterocycles. The van der Waals surface area contributed by atoms with Crippen molar-refractivity contribution in [1.29, 1.82) is 0 Å². The molecule has 2 heteroatoms. The maximum atomic E-state index is 3.79. The van der Waals surface area contributed by atoms with Gasteiger partial charge in [0.25, 0.3) is 0 Å². The summed E-state index contributed by atoms with van der Waals surface area (Å²) in [5.74, 6) is 0.924. The van der Waals surface area contributed by atoms with Crippen LogP contribution in [0.1, 0.15) is 31.7 Å². The molecule has 2 heterocycles. The van der Waals surface area contributed by atoms with Gasteiger partial charge in [0, 0.05) is 25.2 Å². The maximum absolute atomic E-state index is 3.79. The lowest BCUT2D eigenvalue weighted by atomic mass is 9.82. The van der Waals surface area contributed by atoms with E-state index < -0.39 is 0 Å². The predicted octanol–water partition coefficient (Wildman–Crippen LogP) is 2.65. The lowest BCUT2D eigenvalue weighted by molar-refractivity contribution is 0.0983. The van der Waals surface area contributed by atoms with Crippen molar-refractivity contribution in [3.8, 4) is 0 Å². The summed E-state index contributed by atoms with van der Waals surface area (Å²) in [6.45, 7) is 5.93. The number of likely N-dealkylation sites (tertiary alicyclic amines) is 1. The summed E-state index contributed by atoms with van der Waals surface area (Å²) in [7, 11) is 0. The SMILES string of the molecule is CC1CCC2CCN(Cc3ccccc3)CC2N1. The van der Waals surface area contributed by atoms with E-state index in [2.05, 4.69) is 47.5 Å². The highest BCUT2D eigenvalue weighted by Gasteiger charge is 2.32. The van der Waals surface area contributed by atoms with Crippen LogP contribution in [0.5, 0.6) is 0 Å². The molecule has 3 atom stereocenters. The first kappa shape index (κ1) is 12.2. The number of nitrogens with one attached hydrogen (secondary N) is 1. The Morgan fingerprint density at radius 2 is 2.00 bits per heavy atom. The Bertz CT molecular complexity index is 376. The van der Waals surface area contributed by atoms with Gasteiger partial charge in [-0.1, -0.05) is 30.3 Å². The Kier molecular flexibility index (Phi) is 3.67. The molecule has 1 aromatic rings. The molecule has 1 aromatic carbocycles. The Morgan fingerprint density at radius 3 is 2.83 bits per heavy atom. The van der Waals surface area contributed by atoms with Gasteiger partial charge in [-0.3, -0.25) is 4.90 Å². The van der Waals surface area contributed by atoms with Crippen LogP contribution >= 0.6 is 0 Å². The first-order valence-electron chi connectivity index (χ1n) is 7.33. The summed E-state index contributed by atoms with van der Waals surface area (Å²) >= 11 is 0. The van der Waals surface area contributed by atoms with Crippen LogP contribution in [0.2, 0.25) is 0 Å². The number of piperidine rings is 2. The second-order valence-electron chi connectivity index (χ2n) is 6.02. The van der Waals surface area contributed by atoms with Crippen molar-refractivity contribution in [2.45, 2.75) is 44.8 Å². The number of nitrogens with zero attached hydrogens (tertiary/aromatic N) is 1. The van der Waals surface area contributed by atoms with Crippen molar-refractivity contribution in [3.05, 3.63) is 35.9 Å². The zero-order valence-corrected chi connectivity index (χ0v) is 11.3. The number of rotatable bonds is 2. The molecular weight excluding hydrogens is 220 g/mol. The lowest BCUT2D eigenvalue weighted by Gasteiger charge is -2.44. The van der Waals surface area contributed by atoms with Gasteiger partial charge in [-0.2, -0.15) is 0 Å². The number of hydrogen-bond donors (Lipinski definition) is 1. The highest BCUT2D eigenvalue weighted by Crippen LogP contribution is 2.28. The van der Waals surface area contributed by atoms with Crippen LogP contribution in [0.3, 0.4) is 0 Å². The Balaban J connectivity index is 1.59. The van der Waals surface area contributed by atoms with Gasteiger partial charge >= 0.3 is 0 Å². The lowest BCUT2D eigenvalue weighted by Crippen LogP contribution is -2.55. The van der Waals surface area contributed by atoms with E-state index in [-0.39, 0.29) is 0 Å². The smallest absolute Gasteiger partial charge is 0.0234 e. The van der Waals surface area contributed by atoms with Crippen molar-refractivity contribution in [2.24, 2.45) is 5.92 Å². The largest absolute Gasteiger partial charge is 0.310 e. The minimum absolute atomic E-state index is 0.711. The first-order valence-corrected chi connectivity index (χ1v) is 7.33. The van der Waals surface area contributed by atoms with Crippen LogP contribution in [0, 0.1) is 5.92 Å². The highest BCUT2D eigenvalue weighted by atomic mass is 15.2. The van der Waals surface area contributed by atoms with Gasteiger partial charge in [0.1, 0.15) is 0 Å². The molecule has 0 bridgehead atoms. The molecule has 18 heavy (non-hydrogen) atoms. The molecule has 98 valence electrons. The van der Waals surface area contributed by atoms with Crippen LogP contribution < -0.4 is 5.32 Å². The van der Waals surface area contributed by atoms with Crippen LogP contribution in [0.15, 0.2) is 30.3 Å². The molecule has 3 unspecified atom stereocenters. The zero-order valence-electron chi connectivity index (χ0n) is 11.3. The second-order valence-corrected chi connectivity index (χ2v) is 6.02. The third-order valence-electron chi connectivity index (χ3n) is 4.56. The van der Waals surface area contributed by atoms with E-state index in [4.69, 9.17) is 0 Å². The number of hydrogen-bond acceptors (Lipinski definition) is 2. The molecule has 3 rings (SSSR count). The summed E-state index contributed by atoms with van der Waals surface area (Å²) in [6, 6.07) is 12.3. The monoisotopic (exact) mass is 244 g/mol. The molecule has 0 saturated carbocycles. The molecule has 0 aliphatic carbocycles. The average molecular weight is 244 g/mol. The minimum atomic E-state index is 0.711. The topological polar surface area (TPSA) is 15.3 Å². The molecule has 1 N–H and O–H groups in total. The van der Waals surface area contributed by atoms with Gasteiger partial charge in [-0.15, -0.1) is 0 Å². The fraction of sp³-hybridized carbons (Fsp3) is 0.625. The van der Waals surface area contributed by atoms with Crippen LogP contribution in [-0.4, -0.2) is 30.1 Å². The molecule has 2 saturated heterocycles. The fourth-order valence-electron chi connectivity index (χ4n) is 3.50. The molecule has 2 aliphatic heterocycles. The van der Waals surface area contributed by atoms with Crippen molar-refractivity contribution >= 4 is 0 Å². The van der Waals surface area contributed by atoms with Gasteiger partial charge in [0.2, 0.25) is 0 Å². The number of fused-ring (bicyclic) bond motifs is 1. The normalized spacial score (nSPS) is 33.1. The van der Waals surface area contributed by atoms with Crippen molar-refractivity contribution in [3.63, 3.8) is 0 Å². The Labute approximate surface area is 110 Å². The molecule has 2 aliphatic rings. The van der Waals surface area contributed by atoms with Crippen LogP contribution in [0.4, 0.5) is 0 Å². The molecular formula is C16H24N2. The molecule has 2 fully saturated rings. The van der Waals surface area contributed by atoms with Crippen LogP contribution in [0.25, 0.3) is 0 Å². The summed E-state index contributed by atoms with van der Waals surface area (Å²) in [4.78, 5) is 2.61. The Hall–Kier alpha value is -0.860. The standard InChI is InChI=1S/C16H24N2/c1-13-7-8-15-9-10-18(12-16(15)17-13)11-14-5-3-2-4-6-14/h2-6,13,15-17H,7-12H2,1H3. The van der Waals surface area contributed by atoms with E-state index in [1.165, 1.54) is 37.9 Å². The van der Waals surface area contributed by atoms with Gasteiger partial charge in [0.15, 0.2) is 0 Å². The summed E-state index contributed by atoms with van der Waals surface area (Å²) in [6.07, 6.45) is 4.16. The van der Waals surface area contributed by atoms with E-state index in [9.17, 15) is 0 Å². The van der Waals surface area contributed by atoms with Gasteiger partial charge < -0.3 is 5.32 Å². The maximum Gasteiger partial charge on any atom is 0.0234 e.